The van der Waals surface area contributed by atoms with Gasteiger partial charge in [-0.3, -0.25) is 24.8 Å². The maximum atomic E-state index is 12.8. The Bertz CT molecular complexity index is 868. The average Bonchev–Trinajstić information content (AvgIpc) is 3.15. The number of hydrogen-bond acceptors (Lipinski definition) is 6. The number of hydrogen-bond donors (Lipinski definition) is 0. The molecule has 0 atom stereocenters. The van der Waals surface area contributed by atoms with E-state index in [9.17, 15) is 14.9 Å². The van der Waals surface area contributed by atoms with Gasteiger partial charge in [0.1, 0.15) is 5.75 Å². The SMILES string of the molecule is CCOc1ccc(C(=O)N2CCN=C2SCc2cccc([N+](=O)[O-])c2)cc1. The molecule has 1 amide bonds. The van der Waals surface area contributed by atoms with Gasteiger partial charge in [-0.2, -0.15) is 0 Å². The van der Waals surface area contributed by atoms with Gasteiger partial charge in [-0.1, -0.05) is 23.9 Å². The molecule has 1 aliphatic rings. The molecule has 0 unspecified atom stereocenters. The highest BCUT2D eigenvalue weighted by Gasteiger charge is 2.25. The van der Waals surface area contributed by atoms with Crippen molar-refractivity contribution in [2.45, 2.75) is 12.7 Å². The zero-order valence-electron chi connectivity index (χ0n) is 14.8. The van der Waals surface area contributed by atoms with Crippen LogP contribution in [0.3, 0.4) is 0 Å². The molecule has 0 aliphatic carbocycles. The van der Waals surface area contributed by atoms with Gasteiger partial charge < -0.3 is 4.74 Å². The van der Waals surface area contributed by atoms with Crippen LogP contribution in [0.25, 0.3) is 0 Å². The molecule has 3 rings (SSSR count). The number of nitro benzene ring substituents is 1. The van der Waals surface area contributed by atoms with Gasteiger partial charge >= 0.3 is 0 Å². The summed E-state index contributed by atoms with van der Waals surface area (Å²) >= 11 is 1.41. The topological polar surface area (TPSA) is 85.0 Å². The molecule has 140 valence electrons. The predicted molar refractivity (Wildman–Crippen MR) is 105 cm³/mol. The minimum Gasteiger partial charge on any atom is -0.494 e. The highest BCUT2D eigenvalue weighted by molar-refractivity contribution is 8.13. The van der Waals surface area contributed by atoms with Crippen LogP contribution >= 0.6 is 11.8 Å². The lowest BCUT2D eigenvalue weighted by molar-refractivity contribution is -0.384. The average molecular weight is 385 g/mol. The largest absolute Gasteiger partial charge is 0.494 e. The fourth-order valence-corrected chi connectivity index (χ4v) is 3.65. The lowest BCUT2D eigenvalue weighted by atomic mass is 10.2. The lowest BCUT2D eigenvalue weighted by Gasteiger charge is -2.18. The Morgan fingerprint density at radius 3 is 2.78 bits per heavy atom. The summed E-state index contributed by atoms with van der Waals surface area (Å²) in [6.45, 7) is 3.57. The van der Waals surface area contributed by atoms with Crippen molar-refractivity contribution in [1.29, 1.82) is 0 Å². The molecule has 0 bridgehead atoms. The van der Waals surface area contributed by atoms with Crippen LogP contribution in [0.15, 0.2) is 53.5 Å². The van der Waals surface area contributed by atoms with Gasteiger partial charge in [0.05, 0.1) is 18.1 Å². The molecule has 0 fully saturated rings. The second kappa shape index (κ2) is 8.68. The van der Waals surface area contributed by atoms with Gasteiger partial charge in [0.2, 0.25) is 0 Å². The minimum atomic E-state index is -0.414. The summed E-state index contributed by atoms with van der Waals surface area (Å²) in [4.78, 5) is 29.3. The second-order valence-electron chi connectivity index (χ2n) is 5.79. The second-order valence-corrected chi connectivity index (χ2v) is 6.74. The van der Waals surface area contributed by atoms with E-state index in [1.807, 2.05) is 13.0 Å². The molecule has 2 aromatic carbocycles. The molecule has 1 heterocycles. The van der Waals surface area contributed by atoms with Crippen LogP contribution in [0.2, 0.25) is 0 Å². The molecule has 0 saturated heterocycles. The zero-order valence-corrected chi connectivity index (χ0v) is 15.6. The normalized spacial score (nSPS) is 13.4. The summed E-state index contributed by atoms with van der Waals surface area (Å²) in [7, 11) is 0. The van der Waals surface area contributed by atoms with E-state index >= 15 is 0 Å². The van der Waals surface area contributed by atoms with Gasteiger partial charge in [0.25, 0.3) is 11.6 Å². The van der Waals surface area contributed by atoms with E-state index in [2.05, 4.69) is 4.99 Å². The summed E-state index contributed by atoms with van der Waals surface area (Å²) in [6, 6.07) is 13.5. The van der Waals surface area contributed by atoms with Crippen molar-refractivity contribution in [3.05, 3.63) is 69.8 Å². The first-order valence-electron chi connectivity index (χ1n) is 8.54. The Morgan fingerprint density at radius 1 is 1.30 bits per heavy atom. The number of benzene rings is 2. The van der Waals surface area contributed by atoms with Crippen molar-refractivity contribution < 1.29 is 14.5 Å². The molecule has 1 aliphatic heterocycles. The van der Waals surface area contributed by atoms with Gasteiger partial charge in [-0.15, -0.1) is 0 Å². The fourth-order valence-electron chi connectivity index (χ4n) is 2.66. The maximum absolute atomic E-state index is 12.8. The predicted octanol–water partition coefficient (Wildman–Crippen LogP) is 3.74. The molecule has 0 radical (unpaired) electrons. The van der Waals surface area contributed by atoms with E-state index in [0.29, 0.717) is 36.2 Å². The van der Waals surface area contributed by atoms with Crippen molar-refractivity contribution >= 4 is 28.5 Å². The van der Waals surface area contributed by atoms with Gasteiger partial charge in [0.15, 0.2) is 5.17 Å². The van der Waals surface area contributed by atoms with Crippen LogP contribution in [0.4, 0.5) is 5.69 Å². The van der Waals surface area contributed by atoms with Crippen LogP contribution in [0.5, 0.6) is 5.75 Å². The van der Waals surface area contributed by atoms with E-state index in [0.717, 1.165) is 11.3 Å². The highest BCUT2D eigenvalue weighted by Crippen LogP contribution is 2.24. The third-order valence-electron chi connectivity index (χ3n) is 3.95. The smallest absolute Gasteiger partial charge is 0.269 e. The highest BCUT2D eigenvalue weighted by atomic mass is 32.2. The molecule has 2 aromatic rings. The number of amidine groups is 1. The molecule has 0 spiro atoms. The van der Waals surface area contributed by atoms with Crippen molar-refractivity contribution in [2.24, 2.45) is 4.99 Å². The van der Waals surface area contributed by atoms with E-state index in [-0.39, 0.29) is 11.6 Å². The standard InChI is InChI=1S/C19H19N3O4S/c1-2-26-17-8-6-15(7-9-17)18(23)21-11-10-20-19(21)27-13-14-4-3-5-16(12-14)22(24)25/h3-9,12H,2,10-11,13H2,1H3. The first kappa shape index (κ1) is 18.9. The molecule has 0 N–H and O–H groups in total. The third-order valence-corrected chi connectivity index (χ3v) is 5.03. The Morgan fingerprint density at radius 2 is 2.07 bits per heavy atom. The molecular formula is C19H19N3O4S. The quantitative estimate of drug-likeness (QED) is 0.559. The van der Waals surface area contributed by atoms with Crippen LogP contribution in [-0.4, -0.2) is 40.6 Å². The fraction of sp³-hybridized carbons (Fsp3) is 0.263. The Balaban J connectivity index is 1.65. The Labute approximate surface area is 161 Å². The van der Waals surface area contributed by atoms with Crippen LogP contribution < -0.4 is 4.74 Å². The first-order chi connectivity index (χ1) is 13.1. The third kappa shape index (κ3) is 4.65. The molecular weight excluding hydrogens is 366 g/mol. The summed E-state index contributed by atoms with van der Waals surface area (Å²) < 4.78 is 5.40. The van der Waals surface area contributed by atoms with Crippen molar-refractivity contribution in [1.82, 2.24) is 4.90 Å². The first-order valence-corrected chi connectivity index (χ1v) is 9.52. The number of nitrogens with zero attached hydrogens (tertiary/aromatic N) is 3. The Hall–Kier alpha value is -2.87. The number of nitro groups is 1. The van der Waals surface area contributed by atoms with Crippen LogP contribution in [0.1, 0.15) is 22.8 Å². The maximum Gasteiger partial charge on any atom is 0.269 e. The minimum absolute atomic E-state index is 0.0591. The lowest BCUT2D eigenvalue weighted by Crippen LogP contribution is -2.32. The Kier molecular flexibility index (Phi) is 6.08. The number of amides is 1. The molecule has 27 heavy (non-hydrogen) atoms. The number of thioether (sulfide) groups is 1. The summed E-state index contributed by atoms with van der Waals surface area (Å²) in [5.74, 6) is 1.12. The summed E-state index contributed by atoms with van der Waals surface area (Å²) in [5, 5.41) is 11.5. The van der Waals surface area contributed by atoms with Crippen LogP contribution in [-0.2, 0) is 5.75 Å². The van der Waals surface area contributed by atoms with E-state index in [1.54, 1.807) is 41.3 Å². The number of rotatable bonds is 6. The number of carbonyl (C=O) groups excluding carboxylic acids is 1. The van der Waals surface area contributed by atoms with Gasteiger partial charge in [-0.05, 0) is 36.8 Å². The number of non-ortho nitro benzene ring substituents is 1. The molecule has 7 nitrogen and oxygen atoms in total. The van der Waals surface area contributed by atoms with Crippen molar-refractivity contribution in [3.8, 4) is 5.75 Å². The molecule has 8 heteroatoms. The molecule has 0 saturated carbocycles. The molecule has 0 aromatic heterocycles. The summed E-state index contributed by atoms with van der Waals surface area (Å²) in [5.41, 5.74) is 1.45. The van der Waals surface area contributed by atoms with Crippen molar-refractivity contribution in [3.63, 3.8) is 0 Å². The zero-order chi connectivity index (χ0) is 19.2. The monoisotopic (exact) mass is 385 g/mol. The van der Waals surface area contributed by atoms with E-state index in [4.69, 9.17) is 4.74 Å². The number of ether oxygens (including phenoxy) is 1. The van der Waals surface area contributed by atoms with Gasteiger partial charge in [-0.25, -0.2) is 0 Å². The number of aliphatic imine (C=N–C) groups is 1. The number of carbonyl (C=O) groups is 1. The van der Waals surface area contributed by atoms with Crippen molar-refractivity contribution in [2.75, 3.05) is 19.7 Å². The van der Waals surface area contributed by atoms with E-state index < -0.39 is 4.92 Å². The summed E-state index contributed by atoms with van der Waals surface area (Å²) in [6.07, 6.45) is 0. The van der Waals surface area contributed by atoms with Gasteiger partial charge in [0, 0.05) is 30.0 Å². The van der Waals surface area contributed by atoms with Crippen LogP contribution in [0, 0.1) is 10.1 Å². The van der Waals surface area contributed by atoms with E-state index in [1.165, 1.54) is 17.8 Å².